The lowest BCUT2D eigenvalue weighted by Gasteiger charge is -2.03. The van der Waals surface area contributed by atoms with E-state index >= 15 is 0 Å². The van der Waals surface area contributed by atoms with E-state index in [0.29, 0.717) is 10.1 Å². The molecule has 0 aliphatic rings. The van der Waals surface area contributed by atoms with Gasteiger partial charge in [-0.05, 0) is 0 Å². The molecule has 1 unspecified atom stereocenters. The van der Waals surface area contributed by atoms with Gasteiger partial charge in [0.2, 0.25) is 0 Å². The van der Waals surface area contributed by atoms with Crippen LogP contribution in [-0.2, 0) is 9.53 Å². The molecule has 72 valence electrons. The molecule has 1 atom stereocenters. The molecule has 0 aliphatic carbocycles. The third-order valence-electron chi connectivity index (χ3n) is 1.37. The van der Waals surface area contributed by atoms with Gasteiger partial charge in [0, 0.05) is 6.20 Å². The van der Waals surface area contributed by atoms with Crippen LogP contribution < -0.4 is 4.74 Å². The van der Waals surface area contributed by atoms with Gasteiger partial charge in [0.15, 0.2) is 6.10 Å². The number of hydrogen-bond acceptors (Lipinski definition) is 6. The largest absolute Gasteiger partial charge is 0.473 e. The number of hydrogen-bond donors (Lipinski definition) is 1. The molecule has 0 amide bonds. The SMILES string of the molecule is COC(=O)C(O)c1cnc(OC)s1. The smallest absolute Gasteiger partial charge is 0.340 e. The Labute approximate surface area is 78.9 Å². The molecule has 0 spiro atoms. The van der Waals surface area contributed by atoms with Crippen molar-refractivity contribution in [1.82, 2.24) is 4.98 Å². The number of aliphatic hydroxyl groups is 1. The van der Waals surface area contributed by atoms with Crippen molar-refractivity contribution in [2.75, 3.05) is 14.2 Å². The number of thiazole rings is 1. The highest BCUT2D eigenvalue weighted by atomic mass is 32.1. The number of esters is 1. The minimum absolute atomic E-state index is 0.401. The molecule has 1 aromatic heterocycles. The Bertz CT molecular complexity index is 298. The monoisotopic (exact) mass is 203 g/mol. The Kier molecular flexibility index (Phi) is 3.21. The molecule has 0 radical (unpaired) electrons. The fourth-order valence-corrected chi connectivity index (χ4v) is 1.42. The first-order valence-electron chi connectivity index (χ1n) is 3.44. The number of ether oxygens (including phenoxy) is 2. The number of aliphatic hydroxyl groups excluding tert-OH is 1. The van der Waals surface area contributed by atoms with Crippen molar-refractivity contribution in [2.45, 2.75) is 6.10 Å². The van der Waals surface area contributed by atoms with Gasteiger partial charge in [-0.15, -0.1) is 0 Å². The Morgan fingerprint density at radius 3 is 2.85 bits per heavy atom. The van der Waals surface area contributed by atoms with Gasteiger partial charge in [-0.1, -0.05) is 11.3 Å². The van der Waals surface area contributed by atoms with Gasteiger partial charge in [0.25, 0.3) is 5.19 Å². The van der Waals surface area contributed by atoms with Crippen molar-refractivity contribution < 1.29 is 19.4 Å². The summed E-state index contributed by atoms with van der Waals surface area (Å²) in [7, 11) is 2.68. The van der Waals surface area contributed by atoms with Crippen molar-refractivity contribution in [1.29, 1.82) is 0 Å². The molecule has 0 bridgehead atoms. The van der Waals surface area contributed by atoms with Crippen LogP contribution >= 0.6 is 11.3 Å². The molecular formula is C7H9NO4S. The van der Waals surface area contributed by atoms with Gasteiger partial charge in [-0.25, -0.2) is 9.78 Å². The fourth-order valence-electron chi connectivity index (χ4n) is 0.718. The zero-order valence-electron chi connectivity index (χ0n) is 7.18. The molecule has 0 aromatic carbocycles. The summed E-state index contributed by atoms with van der Waals surface area (Å²) in [6.45, 7) is 0. The maximum Gasteiger partial charge on any atom is 0.340 e. The maximum atomic E-state index is 10.9. The van der Waals surface area contributed by atoms with E-state index in [1.54, 1.807) is 0 Å². The summed E-state index contributed by atoms with van der Waals surface area (Å²) in [5, 5.41) is 9.74. The lowest BCUT2D eigenvalue weighted by Crippen LogP contribution is -2.11. The van der Waals surface area contributed by atoms with E-state index in [9.17, 15) is 9.90 Å². The zero-order chi connectivity index (χ0) is 9.84. The van der Waals surface area contributed by atoms with Crippen molar-refractivity contribution in [3.05, 3.63) is 11.1 Å². The molecule has 1 rings (SSSR count). The second-order valence-electron chi connectivity index (χ2n) is 2.16. The Morgan fingerprint density at radius 1 is 1.69 bits per heavy atom. The van der Waals surface area contributed by atoms with Crippen LogP contribution in [0.15, 0.2) is 6.20 Å². The maximum absolute atomic E-state index is 10.9. The average molecular weight is 203 g/mol. The number of aromatic nitrogens is 1. The summed E-state index contributed by atoms with van der Waals surface area (Å²) in [4.78, 5) is 15.1. The van der Waals surface area contributed by atoms with Crippen LogP contribution in [0.1, 0.15) is 11.0 Å². The Balaban J connectivity index is 2.76. The average Bonchev–Trinajstić information content (AvgIpc) is 2.63. The summed E-state index contributed by atoms with van der Waals surface area (Å²) in [6, 6.07) is 0. The highest BCUT2D eigenvalue weighted by Crippen LogP contribution is 2.26. The molecule has 1 heterocycles. The zero-order valence-corrected chi connectivity index (χ0v) is 8.00. The predicted molar refractivity (Wildman–Crippen MR) is 45.6 cm³/mol. The number of rotatable bonds is 3. The minimum atomic E-state index is -1.27. The molecule has 5 nitrogen and oxygen atoms in total. The van der Waals surface area contributed by atoms with Crippen LogP contribution in [0, 0.1) is 0 Å². The normalized spacial score (nSPS) is 12.2. The highest BCUT2D eigenvalue weighted by molar-refractivity contribution is 7.13. The Morgan fingerprint density at radius 2 is 2.38 bits per heavy atom. The number of methoxy groups -OCH3 is 2. The standard InChI is InChI=1S/C7H9NO4S/c1-11-6(10)5(9)4-3-8-7(12-2)13-4/h3,5,9H,1-2H3. The molecule has 6 heteroatoms. The van der Waals surface area contributed by atoms with Crippen molar-refractivity contribution in [3.8, 4) is 5.19 Å². The summed E-state index contributed by atoms with van der Waals surface area (Å²) in [6.07, 6.45) is 0.108. The first-order valence-corrected chi connectivity index (χ1v) is 4.26. The van der Waals surface area contributed by atoms with Gasteiger partial charge in [-0.2, -0.15) is 0 Å². The van der Waals surface area contributed by atoms with Gasteiger partial charge in [0.05, 0.1) is 19.1 Å². The van der Waals surface area contributed by atoms with Crippen LogP contribution in [-0.4, -0.2) is 30.3 Å². The van der Waals surface area contributed by atoms with Crippen LogP contribution in [0.25, 0.3) is 0 Å². The Hall–Kier alpha value is -1.14. The van der Waals surface area contributed by atoms with E-state index in [0.717, 1.165) is 11.3 Å². The first-order chi connectivity index (χ1) is 6.19. The van der Waals surface area contributed by atoms with Crippen molar-refractivity contribution in [2.24, 2.45) is 0 Å². The third-order valence-corrected chi connectivity index (χ3v) is 2.38. The molecule has 0 fully saturated rings. The van der Waals surface area contributed by atoms with E-state index < -0.39 is 12.1 Å². The first kappa shape index (κ1) is 9.94. The van der Waals surface area contributed by atoms with E-state index in [4.69, 9.17) is 4.74 Å². The summed E-state index contributed by atoms with van der Waals surface area (Å²) >= 11 is 1.10. The molecule has 1 N–H and O–H groups in total. The summed E-state index contributed by atoms with van der Waals surface area (Å²) in [5.41, 5.74) is 0. The van der Waals surface area contributed by atoms with Gasteiger partial charge < -0.3 is 14.6 Å². The lowest BCUT2D eigenvalue weighted by molar-refractivity contribution is -0.150. The quantitative estimate of drug-likeness (QED) is 0.718. The van der Waals surface area contributed by atoms with Crippen molar-refractivity contribution >= 4 is 17.3 Å². The minimum Gasteiger partial charge on any atom is -0.473 e. The molecule has 0 saturated heterocycles. The van der Waals surface area contributed by atoms with E-state index in [1.807, 2.05) is 0 Å². The molecule has 13 heavy (non-hydrogen) atoms. The third kappa shape index (κ3) is 2.16. The molecule has 0 aliphatic heterocycles. The van der Waals surface area contributed by atoms with Gasteiger partial charge in [0.1, 0.15) is 0 Å². The highest BCUT2D eigenvalue weighted by Gasteiger charge is 2.20. The topological polar surface area (TPSA) is 68.7 Å². The van der Waals surface area contributed by atoms with Crippen LogP contribution in [0.4, 0.5) is 0 Å². The summed E-state index contributed by atoms with van der Waals surface area (Å²) < 4.78 is 9.16. The van der Waals surface area contributed by atoms with Gasteiger partial charge in [-0.3, -0.25) is 0 Å². The van der Waals surface area contributed by atoms with Crippen LogP contribution in [0.5, 0.6) is 5.19 Å². The van der Waals surface area contributed by atoms with E-state index in [2.05, 4.69) is 9.72 Å². The summed E-state index contributed by atoms with van der Waals surface area (Å²) in [5.74, 6) is -0.702. The number of nitrogens with zero attached hydrogens (tertiary/aromatic N) is 1. The van der Waals surface area contributed by atoms with Crippen LogP contribution in [0.3, 0.4) is 0 Å². The fraction of sp³-hybridized carbons (Fsp3) is 0.429. The van der Waals surface area contributed by atoms with E-state index in [1.165, 1.54) is 20.4 Å². The van der Waals surface area contributed by atoms with Gasteiger partial charge >= 0.3 is 5.97 Å². The molecular weight excluding hydrogens is 194 g/mol. The number of carbonyl (C=O) groups excluding carboxylic acids is 1. The molecule has 1 aromatic rings. The predicted octanol–water partition coefficient (Wildman–Crippen LogP) is 0.358. The lowest BCUT2D eigenvalue weighted by atomic mass is 10.3. The molecule has 0 saturated carbocycles. The van der Waals surface area contributed by atoms with Crippen LogP contribution in [0.2, 0.25) is 0 Å². The van der Waals surface area contributed by atoms with E-state index in [-0.39, 0.29) is 0 Å². The van der Waals surface area contributed by atoms with Crippen molar-refractivity contribution in [3.63, 3.8) is 0 Å². The second kappa shape index (κ2) is 4.20. The number of carbonyl (C=O) groups is 1. The second-order valence-corrected chi connectivity index (χ2v) is 3.18.